The van der Waals surface area contributed by atoms with Gasteiger partial charge < -0.3 is 19.5 Å². The van der Waals surface area contributed by atoms with Crippen molar-refractivity contribution in [3.05, 3.63) is 58.4 Å². The van der Waals surface area contributed by atoms with Gasteiger partial charge in [0.2, 0.25) is 0 Å². The van der Waals surface area contributed by atoms with Gasteiger partial charge in [0.1, 0.15) is 17.9 Å². The zero-order valence-electron chi connectivity index (χ0n) is 17.4. The lowest BCUT2D eigenvalue weighted by Gasteiger charge is -2.35. The summed E-state index contributed by atoms with van der Waals surface area (Å²) in [6.07, 6.45) is 3.10. The molecule has 1 fully saturated rings. The summed E-state index contributed by atoms with van der Waals surface area (Å²) < 4.78 is 26.3. The van der Waals surface area contributed by atoms with E-state index in [0.29, 0.717) is 30.9 Å². The Morgan fingerprint density at radius 3 is 2.77 bits per heavy atom. The van der Waals surface area contributed by atoms with Gasteiger partial charge in [-0.1, -0.05) is 18.2 Å². The molecule has 1 aliphatic heterocycles. The Hall–Kier alpha value is -3.11. The molecule has 0 unspecified atom stereocenters. The third kappa shape index (κ3) is 4.64. The lowest BCUT2D eigenvalue weighted by Crippen LogP contribution is -2.39. The van der Waals surface area contributed by atoms with E-state index in [9.17, 15) is 10.1 Å². The molecule has 0 bridgehead atoms. The number of fused-ring (bicyclic) bond motifs is 1. The van der Waals surface area contributed by atoms with Crippen LogP contribution < -0.4 is 9.64 Å². The monoisotopic (exact) mass is 424 g/mol. The van der Waals surface area contributed by atoms with Crippen molar-refractivity contribution >= 4 is 11.7 Å². The number of anilines is 1. The number of carboxylic acid groups (broad SMARTS) is 1. The number of hydrogen-bond donors (Lipinski definition) is 1. The van der Waals surface area contributed by atoms with Crippen LogP contribution in [0.5, 0.6) is 5.75 Å². The molecule has 0 atom stereocenters. The number of nitrogens with zero attached hydrogens (tertiary/aromatic N) is 2. The van der Waals surface area contributed by atoms with Crippen LogP contribution in [0.15, 0.2) is 30.3 Å². The van der Waals surface area contributed by atoms with Crippen molar-refractivity contribution in [2.24, 2.45) is 0 Å². The Morgan fingerprint density at radius 2 is 2.06 bits per heavy atom. The number of aryl methyl sites for hydroxylation is 1. The first-order chi connectivity index (χ1) is 15.0. The quantitative estimate of drug-likeness (QED) is 0.727. The van der Waals surface area contributed by atoms with E-state index in [1.807, 2.05) is 23.1 Å². The largest absolute Gasteiger partial charge is 0.490 e. The van der Waals surface area contributed by atoms with Crippen LogP contribution in [0.2, 0.25) is 0 Å². The van der Waals surface area contributed by atoms with E-state index in [0.717, 1.165) is 36.0 Å². The van der Waals surface area contributed by atoms with Crippen molar-refractivity contribution in [1.29, 1.82) is 5.26 Å². The Balaban J connectivity index is 1.52. The van der Waals surface area contributed by atoms with Crippen LogP contribution in [0, 0.1) is 17.1 Å². The molecule has 162 valence electrons. The molecule has 0 spiro atoms. The van der Waals surface area contributed by atoms with E-state index < -0.39 is 11.8 Å². The second-order valence-corrected chi connectivity index (χ2v) is 8.15. The third-order valence-electron chi connectivity index (χ3n) is 6.09. The van der Waals surface area contributed by atoms with Crippen LogP contribution in [0.1, 0.15) is 41.5 Å². The van der Waals surface area contributed by atoms with Gasteiger partial charge in [-0.2, -0.15) is 5.26 Å². The van der Waals surface area contributed by atoms with Gasteiger partial charge in [-0.05, 0) is 29.5 Å². The molecule has 31 heavy (non-hydrogen) atoms. The van der Waals surface area contributed by atoms with Crippen LogP contribution in [-0.4, -0.2) is 36.9 Å². The third-order valence-corrected chi connectivity index (χ3v) is 6.09. The van der Waals surface area contributed by atoms with Gasteiger partial charge in [-0.15, -0.1) is 0 Å². The maximum absolute atomic E-state index is 15.0. The Bertz CT molecular complexity index is 1030. The summed E-state index contributed by atoms with van der Waals surface area (Å²) in [5.74, 6) is -0.837. The van der Waals surface area contributed by atoms with Gasteiger partial charge >= 0.3 is 5.97 Å². The fourth-order valence-electron chi connectivity index (χ4n) is 4.18. The molecule has 1 aliphatic carbocycles. The average Bonchev–Trinajstić information content (AvgIpc) is 2.74. The van der Waals surface area contributed by atoms with Crippen LogP contribution in [0.25, 0.3) is 0 Å². The Kier molecular flexibility index (Phi) is 6.10. The highest BCUT2D eigenvalue weighted by Crippen LogP contribution is 2.35. The van der Waals surface area contributed by atoms with E-state index in [-0.39, 0.29) is 24.2 Å². The number of methoxy groups -OCH3 is 1. The fraction of sp³-hybridized carbons (Fsp3) is 0.417. The number of ether oxygens (including phenoxy) is 2. The van der Waals surface area contributed by atoms with Crippen LogP contribution in [-0.2, 0) is 28.9 Å². The summed E-state index contributed by atoms with van der Waals surface area (Å²) in [6, 6.07) is 11.1. The summed E-state index contributed by atoms with van der Waals surface area (Å²) in [7, 11) is 1.67. The summed E-state index contributed by atoms with van der Waals surface area (Å²) in [6.45, 7) is 1.13. The predicted molar refractivity (Wildman–Crippen MR) is 113 cm³/mol. The highest BCUT2D eigenvalue weighted by Gasteiger charge is 2.31. The van der Waals surface area contributed by atoms with Gasteiger partial charge in [-0.25, -0.2) is 4.39 Å². The molecule has 0 saturated heterocycles. The van der Waals surface area contributed by atoms with Gasteiger partial charge in [0, 0.05) is 51.6 Å². The highest BCUT2D eigenvalue weighted by molar-refractivity contribution is 5.67. The minimum absolute atomic E-state index is 0.0149. The molecule has 2 aromatic carbocycles. The summed E-state index contributed by atoms with van der Waals surface area (Å²) in [5, 5.41) is 18.3. The maximum Gasteiger partial charge on any atom is 0.303 e. The second kappa shape index (κ2) is 8.94. The van der Waals surface area contributed by atoms with Gasteiger partial charge in [0.15, 0.2) is 5.82 Å². The van der Waals surface area contributed by atoms with E-state index in [1.165, 1.54) is 6.07 Å². The highest BCUT2D eigenvalue weighted by atomic mass is 19.1. The lowest BCUT2D eigenvalue weighted by molar-refractivity contribution is -0.136. The van der Waals surface area contributed by atoms with E-state index in [4.69, 9.17) is 14.6 Å². The van der Waals surface area contributed by atoms with Crippen LogP contribution in [0.3, 0.4) is 0 Å². The number of benzene rings is 2. The number of aliphatic carboxylic acids is 1. The van der Waals surface area contributed by atoms with Crippen molar-refractivity contribution in [2.45, 2.75) is 50.9 Å². The number of hydrogen-bond acceptors (Lipinski definition) is 5. The summed E-state index contributed by atoms with van der Waals surface area (Å²) in [4.78, 5) is 12.7. The van der Waals surface area contributed by atoms with Crippen molar-refractivity contribution < 1.29 is 23.8 Å². The van der Waals surface area contributed by atoms with Crippen LogP contribution >= 0.6 is 0 Å². The standard InChI is InChI=1S/C24H25FN2O4/c1-30-19-10-21(11-19)31-20-9-18(13-26)24(25)22(12-20)27-7-6-16-8-15(3-5-23(28)29)2-4-17(16)14-27/h2,4,8-9,12,19,21H,3,5-7,10-11,14H2,1H3,(H,28,29). The Morgan fingerprint density at radius 1 is 1.26 bits per heavy atom. The molecule has 6 nitrogen and oxygen atoms in total. The molecule has 7 heteroatoms. The lowest BCUT2D eigenvalue weighted by atomic mass is 9.92. The SMILES string of the molecule is COC1CC(Oc2cc(C#N)c(F)c(N3CCc4cc(CCC(=O)O)ccc4C3)c2)C1. The van der Waals surface area contributed by atoms with Crippen molar-refractivity contribution in [3.63, 3.8) is 0 Å². The molecule has 0 radical (unpaired) electrons. The first-order valence-electron chi connectivity index (χ1n) is 10.5. The zero-order valence-corrected chi connectivity index (χ0v) is 17.4. The number of carboxylic acids is 1. The number of rotatable bonds is 7. The number of halogens is 1. The van der Waals surface area contributed by atoms with Crippen molar-refractivity contribution in [1.82, 2.24) is 0 Å². The average molecular weight is 424 g/mol. The molecule has 1 N–H and O–H groups in total. The smallest absolute Gasteiger partial charge is 0.303 e. The molecule has 4 rings (SSSR count). The first-order valence-corrected chi connectivity index (χ1v) is 10.5. The molecule has 1 heterocycles. The maximum atomic E-state index is 15.0. The summed E-state index contributed by atoms with van der Waals surface area (Å²) in [5.41, 5.74) is 3.59. The molecular formula is C24H25FN2O4. The molecule has 2 aromatic rings. The Labute approximate surface area is 180 Å². The van der Waals surface area contributed by atoms with Gasteiger partial charge in [0.25, 0.3) is 0 Å². The predicted octanol–water partition coefficient (Wildman–Crippen LogP) is 3.83. The van der Waals surface area contributed by atoms with Crippen LogP contribution in [0.4, 0.5) is 10.1 Å². The van der Waals surface area contributed by atoms with Crippen molar-refractivity contribution in [2.75, 3.05) is 18.6 Å². The first kappa shape index (κ1) is 21.1. The van der Waals surface area contributed by atoms with E-state index in [1.54, 1.807) is 13.2 Å². The normalized spacial score (nSPS) is 19.8. The number of nitriles is 1. The van der Waals surface area contributed by atoms with Gasteiger partial charge in [-0.3, -0.25) is 4.79 Å². The minimum Gasteiger partial charge on any atom is -0.490 e. The number of carbonyl (C=O) groups is 1. The summed E-state index contributed by atoms with van der Waals surface area (Å²) >= 11 is 0. The zero-order chi connectivity index (χ0) is 22.0. The molecule has 2 aliphatic rings. The molecular weight excluding hydrogens is 399 g/mol. The van der Waals surface area contributed by atoms with Gasteiger partial charge in [0.05, 0.1) is 17.4 Å². The molecule has 1 saturated carbocycles. The molecule has 0 aromatic heterocycles. The molecule has 0 amide bonds. The second-order valence-electron chi connectivity index (χ2n) is 8.15. The van der Waals surface area contributed by atoms with E-state index in [2.05, 4.69) is 6.07 Å². The van der Waals surface area contributed by atoms with E-state index >= 15 is 4.39 Å². The topological polar surface area (TPSA) is 82.8 Å². The fourth-order valence-corrected chi connectivity index (χ4v) is 4.18. The minimum atomic E-state index is -0.811. The van der Waals surface area contributed by atoms with Crippen molar-refractivity contribution in [3.8, 4) is 11.8 Å².